The third-order valence-electron chi connectivity index (χ3n) is 4.10. The monoisotopic (exact) mass is 319 g/mol. The van der Waals surface area contributed by atoms with Crippen molar-refractivity contribution in [2.75, 3.05) is 13.1 Å². The van der Waals surface area contributed by atoms with Crippen molar-refractivity contribution in [3.8, 4) is 5.75 Å². The van der Waals surface area contributed by atoms with Gasteiger partial charge in [-0.25, -0.2) is 4.79 Å². The van der Waals surface area contributed by atoms with Gasteiger partial charge in [0.1, 0.15) is 17.6 Å². The molecule has 1 amide bonds. The van der Waals surface area contributed by atoms with E-state index in [9.17, 15) is 14.7 Å². The molecule has 0 aliphatic carbocycles. The van der Waals surface area contributed by atoms with E-state index in [0.717, 1.165) is 24.7 Å². The number of amides is 1. The van der Waals surface area contributed by atoms with Gasteiger partial charge in [-0.15, -0.1) is 0 Å². The highest BCUT2D eigenvalue weighted by molar-refractivity contribution is 5.68. The molecule has 1 aliphatic rings. The lowest BCUT2D eigenvalue weighted by atomic mass is 9.81. The molecule has 23 heavy (non-hydrogen) atoms. The van der Waals surface area contributed by atoms with E-state index in [0.29, 0.717) is 13.1 Å². The van der Waals surface area contributed by atoms with Crippen LogP contribution in [-0.4, -0.2) is 41.1 Å². The Labute approximate surface area is 137 Å². The molecule has 0 bridgehead atoms. The molecule has 5 heteroatoms. The first-order chi connectivity index (χ1) is 10.8. The Kier molecular flexibility index (Phi) is 5.29. The number of ether oxygens (including phenoxy) is 1. The van der Waals surface area contributed by atoms with Crippen LogP contribution in [0.1, 0.15) is 45.1 Å². The standard InChI is InChI=1S/C18H25NO4/c1-18(2,3)23-17(22)19-9-7-13(8-10-19)16(12-20)14-5-4-6-15(21)11-14/h4-6,11-13,16,21H,7-10H2,1-3H3. The maximum absolute atomic E-state index is 12.1. The van der Waals surface area contributed by atoms with Gasteiger partial charge >= 0.3 is 6.09 Å². The summed E-state index contributed by atoms with van der Waals surface area (Å²) in [5.41, 5.74) is 0.330. The lowest BCUT2D eigenvalue weighted by Crippen LogP contribution is -2.42. The Morgan fingerprint density at radius 3 is 2.52 bits per heavy atom. The van der Waals surface area contributed by atoms with Crippen LogP contribution in [0.5, 0.6) is 5.75 Å². The highest BCUT2D eigenvalue weighted by atomic mass is 16.6. The summed E-state index contributed by atoms with van der Waals surface area (Å²) in [4.78, 5) is 25.3. The van der Waals surface area contributed by atoms with Crippen LogP contribution in [0.25, 0.3) is 0 Å². The minimum absolute atomic E-state index is 0.167. The maximum atomic E-state index is 12.1. The number of phenolic OH excluding ortho intramolecular Hbond substituents is 1. The Hall–Kier alpha value is -2.04. The van der Waals surface area contributed by atoms with Crippen LogP contribution in [0.2, 0.25) is 0 Å². The zero-order valence-electron chi connectivity index (χ0n) is 14.0. The van der Waals surface area contributed by atoms with Crippen LogP contribution in [-0.2, 0) is 9.53 Å². The fourth-order valence-corrected chi connectivity index (χ4v) is 2.96. The fourth-order valence-electron chi connectivity index (χ4n) is 2.96. The Morgan fingerprint density at radius 1 is 1.35 bits per heavy atom. The predicted octanol–water partition coefficient (Wildman–Crippen LogP) is 3.32. The summed E-state index contributed by atoms with van der Waals surface area (Å²) in [5, 5.41) is 9.59. The van der Waals surface area contributed by atoms with Crippen molar-refractivity contribution >= 4 is 12.4 Å². The SMILES string of the molecule is CC(C)(C)OC(=O)N1CCC(C(C=O)c2cccc(O)c2)CC1. The minimum Gasteiger partial charge on any atom is -0.508 e. The second kappa shape index (κ2) is 7.02. The number of hydrogen-bond donors (Lipinski definition) is 1. The summed E-state index contributed by atoms with van der Waals surface area (Å²) in [7, 11) is 0. The number of aldehydes is 1. The largest absolute Gasteiger partial charge is 0.508 e. The van der Waals surface area contributed by atoms with Crippen molar-refractivity contribution in [3.05, 3.63) is 29.8 Å². The average molecular weight is 319 g/mol. The highest BCUT2D eigenvalue weighted by Crippen LogP contribution is 2.33. The third-order valence-corrected chi connectivity index (χ3v) is 4.10. The van der Waals surface area contributed by atoms with Gasteiger partial charge in [-0.3, -0.25) is 0 Å². The Bertz CT molecular complexity index is 556. The fraction of sp³-hybridized carbons (Fsp3) is 0.556. The molecule has 0 aromatic heterocycles. The number of benzene rings is 1. The van der Waals surface area contributed by atoms with Gasteiger partial charge in [0.25, 0.3) is 0 Å². The van der Waals surface area contributed by atoms with E-state index in [4.69, 9.17) is 4.74 Å². The summed E-state index contributed by atoms with van der Waals surface area (Å²) in [5.74, 6) is 0.0939. The van der Waals surface area contributed by atoms with Crippen LogP contribution in [0.15, 0.2) is 24.3 Å². The first-order valence-electron chi connectivity index (χ1n) is 8.02. The minimum atomic E-state index is -0.499. The third kappa shape index (κ3) is 4.71. The van der Waals surface area contributed by atoms with Crippen molar-refractivity contribution in [1.29, 1.82) is 0 Å². The van der Waals surface area contributed by atoms with Gasteiger partial charge in [-0.05, 0) is 57.2 Å². The number of rotatable bonds is 3. The molecule has 1 aromatic carbocycles. The zero-order valence-corrected chi connectivity index (χ0v) is 14.0. The van der Waals surface area contributed by atoms with Crippen LogP contribution in [0, 0.1) is 5.92 Å². The summed E-state index contributed by atoms with van der Waals surface area (Å²) < 4.78 is 5.38. The van der Waals surface area contributed by atoms with Crippen LogP contribution >= 0.6 is 0 Å². The molecule has 1 aromatic rings. The van der Waals surface area contributed by atoms with E-state index in [1.807, 2.05) is 26.8 Å². The van der Waals surface area contributed by atoms with Gasteiger partial charge in [0.05, 0.1) is 0 Å². The van der Waals surface area contributed by atoms with Crippen LogP contribution < -0.4 is 0 Å². The van der Waals surface area contributed by atoms with Crippen LogP contribution in [0.3, 0.4) is 0 Å². The topological polar surface area (TPSA) is 66.8 Å². The van der Waals surface area contributed by atoms with E-state index < -0.39 is 5.60 Å². The van der Waals surface area contributed by atoms with Crippen molar-refractivity contribution in [1.82, 2.24) is 4.90 Å². The molecule has 1 atom stereocenters. The smallest absolute Gasteiger partial charge is 0.410 e. The van der Waals surface area contributed by atoms with Gasteiger partial charge in [0.2, 0.25) is 0 Å². The van der Waals surface area contributed by atoms with E-state index in [-0.39, 0.29) is 23.7 Å². The lowest BCUT2D eigenvalue weighted by Gasteiger charge is -2.35. The lowest BCUT2D eigenvalue weighted by molar-refractivity contribution is -0.110. The molecule has 1 fully saturated rings. The molecule has 1 saturated heterocycles. The number of aromatic hydroxyl groups is 1. The molecule has 2 rings (SSSR count). The van der Waals surface area contributed by atoms with Gasteiger partial charge in [0, 0.05) is 19.0 Å². The molecular formula is C18H25NO4. The highest BCUT2D eigenvalue weighted by Gasteiger charge is 2.31. The van der Waals surface area contributed by atoms with Gasteiger partial charge in [-0.2, -0.15) is 0 Å². The van der Waals surface area contributed by atoms with Crippen molar-refractivity contribution in [3.63, 3.8) is 0 Å². The normalized spacial score (nSPS) is 17.6. The quantitative estimate of drug-likeness (QED) is 0.868. The molecule has 1 aliphatic heterocycles. The van der Waals surface area contributed by atoms with Crippen LogP contribution in [0.4, 0.5) is 4.79 Å². The van der Waals surface area contributed by atoms with Crippen molar-refractivity contribution in [2.24, 2.45) is 5.92 Å². The summed E-state index contributed by atoms with van der Waals surface area (Å²) >= 11 is 0. The molecule has 1 N–H and O–H groups in total. The number of hydrogen-bond acceptors (Lipinski definition) is 4. The number of likely N-dealkylation sites (tertiary alicyclic amines) is 1. The van der Waals surface area contributed by atoms with E-state index in [1.165, 1.54) is 0 Å². The molecule has 5 nitrogen and oxygen atoms in total. The van der Waals surface area contributed by atoms with Crippen molar-refractivity contribution in [2.45, 2.75) is 45.1 Å². The molecule has 0 saturated carbocycles. The first-order valence-corrected chi connectivity index (χ1v) is 8.02. The number of piperidine rings is 1. The molecule has 0 spiro atoms. The number of carbonyl (C=O) groups excluding carboxylic acids is 2. The molecule has 126 valence electrons. The Balaban J connectivity index is 1.97. The predicted molar refractivity (Wildman–Crippen MR) is 87.4 cm³/mol. The molecule has 1 heterocycles. The zero-order chi connectivity index (χ0) is 17.0. The van der Waals surface area contributed by atoms with Gasteiger partial charge in [0.15, 0.2) is 0 Å². The number of nitrogens with zero attached hydrogens (tertiary/aromatic N) is 1. The second-order valence-electron chi connectivity index (χ2n) is 7.06. The molecule has 0 radical (unpaired) electrons. The van der Waals surface area contributed by atoms with E-state index in [2.05, 4.69) is 0 Å². The van der Waals surface area contributed by atoms with E-state index >= 15 is 0 Å². The number of phenols is 1. The van der Waals surface area contributed by atoms with Crippen molar-refractivity contribution < 1.29 is 19.4 Å². The van der Waals surface area contributed by atoms with Gasteiger partial charge in [-0.1, -0.05) is 12.1 Å². The summed E-state index contributed by atoms with van der Waals surface area (Å²) in [6, 6.07) is 6.84. The molecule has 1 unspecified atom stereocenters. The second-order valence-corrected chi connectivity index (χ2v) is 7.06. The Morgan fingerprint density at radius 2 is 2.00 bits per heavy atom. The summed E-state index contributed by atoms with van der Waals surface area (Å²) in [6.45, 7) is 6.72. The first kappa shape index (κ1) is 17.3. The summed E-state index contributed by atoms with van der Waals surface area (Å²) in [6.07, 6.45) is 2.15. The molecular weight excluding hydrogens is 294 g/mol. The average Bonchev–Trinajstić information content (AvgIpc) is 2.47. The number of carbonyl (C=O) groups is 2. The van der Waals surface area contributed by atoms with Gasteiger partial charge < -0.3 is 19.5 Å². The van der Waals surface area contributed by atoms with E-state index in [1.54, 1.807) is 23.1 Å². The maximum Gasteiger partial charge on any atom is 0.410 e.